The molecule has 1 aliphatic rings. The van der Waals surface area contributed by atoms with Gasteiger partial charge in [-0.25, -0.2) is 0 Å². The fourth-order valence-corrected chi connectivity index (χ4v) is 3.67. The minimum atomic E-state index is -1.06. The van der Waals surface area contributed by atoms with Crippen LogP contribution in [0.1, 0.15) is 31.2 Å². The molecular formula is C17H18NO5S2-. The number of rotatable bonds is 8. The Morgan fingerprint density at radius 3 is 2.84 bits per heavy atom. The van der Waals surface area contributed by atoms with E-state index in [1.807, 2.05) is 0 Å². The Kier molecular flexibility index (Phi) is 6.83. The molecule has 0 atom stereocenters. The standard InChI is InChI=1S/C17H19NO5S2/c1-23-12-7-5-6-11(15(12)21)10-13-16(22)18(17(24)25-13)9-4-2-3-8-14(19)20/h5-7,10,21H,2-4,8-9H2,1H3,(H,19,20)/p-1/b13-10-. The third-order valence-corrected chi connectivity index (χ3v) is 5.05. The Bertz CT molecular complexity index is 717. The molecule has 1 amide bonds. The van der Waals surface area contributed by atoms with E-state index in [9.17, 15) is 19.8 Å². The van der Waals surface area contributed by atoms with Crippen LogP contribution in [0.2, 0.25) is 0 Å². The summed E-state index contributed by atoms with van der Waals surface area (Å²) in [5.41, 5.74) is 0.480. The second-order valence-electron chi connectivity index (χ2n) is 5.41. The zero-order valence-electron chi connectivity index (χ0n) is 13.7. The average Bonchev–Trinajstić information content (AvgIpc) is 2.83. The van der Waals surface area contributed by atoms with Gasteiger partial charge in [-0.2, -0.15) is 0 Å². The molecule has 25 heavy (non-hydrogen) atoms. The largest absolute Gasteiger partial charge is 0.550 e. The van der Waals surface area contributed by atoms with E-state index in [1.165, 1.54) is 23.8 Å². The van der Waals surface area contributed by atoms with Crippen LogP contribution in [0.25, 0.3) is 6.08 Å². The number of thiocarbonyl (C=S) groups is 1. The Labute approximate surface area is 155 Å². The molecule has 8 heteroatoms. The van der Waals surface area contributed by atoms with Gasteiger partial charge in [-0.1, -0.05) is 42.5 Å². The monoisotopic (exact) mass is 380 g/mol. The Balaban J connectivity index is 2.02. The topological polar surface area (TPSA) is 89.9 Å². The van der Waals surface area contributed by atoms with Gasteiger partial charge in [-0.05, 0) is 31.4 Å². The fourth-order valence-electron chi connectivity index (χ4n) is 2.37. The summed E-state index contributed by atoms with van der Waals surface area (Å²) in [6.45, 7) is 0.444. The number of methoxy groups -OCH3 is 1. The van der Waals surface area contributed by atoms with Gasteiger partial charge in [0.1, 0.15) is 4.32 Å². The third kappa shape index (κ3) is 4.96. The van der Waals surface area contributed by atoms with Crippen molar-refractivity contribution in [2.45, 2.75) is 25.7 Å². The van der Waals surface area contributed by atoms with E-state index >= 15 is 0 Å². The number of hydrogen-bond acceptors (Lipinski definition) is 7. The molecule has 1 fully saturated rings. The lowest BCUT2D eigenvalue weighted by molar-refractivity contribution is -0.305. The molecule has 1 heterocycles. The molecule has 6 nitrogen and oxygen atoms in total. The van der Waals surface area contributed by atoms with Crippen LogP contribution >= 0.6 is 24.0 Å². The minimum Gasteiger partial charge on any atom is -0.550 e. The molecule has 1 aliphatic heterocycles. The van der Waals surface area contributed by atoms with E-state index in [0.29, 0.717) is 46.3 Å². The van der Waals surface area contributed by atoms with Crippen molar-refractivity contribution < 1.29 is 24.5 Å². The Hall–Kier alpha value is -2.06. The number of carbonyl (C=O) groups excluding carboxylic acids is 2. The predicted molar refractivity (Wildman–Crippen MR) is 98.0 cm³/mol. The number of benzene rings is 1. The van der Waals surface area contributed by atoms with Crippen molar-refractivity contribution in [1.82, 2.24) is 4.90 Å². The van der Waals surface area contributed by atoms with Crippen molar-refractivity contribution in [2.75, 3.05) is 13.7 Å². The quantitative estimate of drug-likeness (QED) is 0.418. The van der Waals surface area contributed by atoms with E-state index in [1.54, 1.807) is 24.3 Å². The van der Waals surface area contributed by atoms with Crippen molar-refractivity contribution >= 4 is 46.3 Å². The minimum absolute atomic E-state index is 0.0212. The number of carboxylic acids is 1. The van der Waals surface area contributed by atoms with E-state index in [-0.39, 0.29) is 18.1 Å². The summed E-state index contributed by atoms with van der Waals surface area (Å²) in [5, 5.41) is 20.5. The van der Waals surface area contributed by atoms with Crippen LogP contribution in [0, 0.1) is 0 Å². The lowest BCUT2D eigenvalue weighted by atomic mass is 10.1. The summed E-state index contributed by atoms with van der Waals surface area (Å²) in [5.74, 6) is -0.974. The summed E-state index contributed by atoms with van der Waals surface area (Å²) in [7, 11) is 1.46. The molecule has 1 saturated heterocycles. The number of para-hydroxylation sites is 1. The highest BCUT2D eigenvalue weighted by Gasteiger charge is 2.31. The first-order chi connectivity index (χ1) is 11.9. The average molecular weight is 380 g/mol. The molecule has 0 aromatic heterocycles. The van der Waals surface area contributed by atoms with Gasteiger partial charge < -0.3 is 19.7 Å². The number of aliphatic carboxylic acids is 1. The maximum absolute atomic E-state index is 12.5. The van der Waals surface area contributed by atoms with Crippen LogP contribution < -0.4 is 9.84 Å². The fraction of sp³-hybridized carbons (Fsp3) is 0.353. The summed E-state index contributed by atoms with van der Waals surface area (Å²) in [6, 6.07) is 5.04. The van der Waals surface area contributed by atoms with Crippen LogP contribution in [-0.4, -0.2) is 39.9 Å². The lowest BCUT2D eigenvalue weighted by Gasteiger charge is -2.14. The highest BCUT2D eigenvalue weighted by molar-refractivity contribution is 8.26. The van der Waals surface area contributed by atoms with Crippen molar-refractivity contribution in [2.24, 2.45) is 0 Å². The SMILES string of the molecule is COc1cccc(/C=C2\SC(=S)N(CCCCCC(=O)[O-])C2=O)c1O. The first-order valence-corrected chi connectivity index (χ1v) is 8.97. The zero-order chi connectivity index (χ0) is 18.4. The molecule has 0 aliphatic carbocycles. The molecule has 0 bridgehead atoms. The van der Waals surface area contributed by atoms with Crippen molar-refractivity contribution in [3.63, 3.8) is 0 Å². The Morgan fingerprint density at radius 2 is 2.16 bits per heavy atom. The highest BCUT2D eigenvalue weighted by atomic mass is 32.2. The number of unbranched alkanes of at least 4 members (excludes halogenated alkanes) is 2. The van der Waals surface area contributed by atoms with Crippen LogP contribution in [0.15, 0.2) is 23.1 Å². The molecule has 1 aromatic carbocycles. The smallest absolute Gasteiger partial charge is 0.266 e. The predicted octanol–water partition coefficient (Wildman–Crippen LogP) is 1.91. The van der Waals surface area contributed by atoms with Crippen LogP contribution in [0.5, 0.6) is 11.5 Å². The number of thioether (sulfide) groups is 1. The van der Waals surface area contributed by atoms with Crippen molar-refractivity contribution in [1.29, 1.82) is 0 Å². The molecule has 0 unspecified atom stereocenters. The van der Waals surface area contributed by atoms with Gasteiger partial charge in [0, 0.05) is 18.1 Å². The summed E-state index contributed by atoms with van der Waals surface area (Å²) in [4.78, 5) is 24.8. The van der Waals surface area contributed by atoms with Gasteiger partial charge in [-0.15, -0.1) is 0 Å². The number of aromatic hydroxyl groups is 1. The number of carbonyl (C=O) groups is 2. The van der Waals surface area contributed by atoms with Crippen molar-refractivity contribution in [3.8, 4) is 11.5 Å². The van der Waals surface area contributed by atoms with Gasteiger partial charge in [0.15, 0.2) is 11.5 Å². The van der Waals surface area contributed by atoms with Gasteiger partial charge in [-0.3, -0.25) is 9.69 Å². The van der Waals surface area contributed by atoms with Gasteiger partial charge in [0.25, 0.3) is 5.91 Å². The Morgan fingerprint density at radius 1 is 1.40 bits per heavy atom. The normalized spacial score (nSPS) is 15.9. The van der Waals surface area contributed by atoms with E-state index in [4.69, 9.17) is 17.0 Å². The molecule has 0 radical (unpaired) electrons. The van der Waals surface area contributed by atoms with Gasteiger partial charge in [0.2, 0.25) is 0 Å². The number of amides is 1. The maximum atomic E-state index is 12.5. The number of phenols is 1. The molecule has 1 N–H and O–H groups in total. The molecular weight excluding hydrogens is 362 g/mol. The molecule has 0 spiro atoms. The number of nitrogens with zero attached hydrogens (tertiary/aromatic N) is 1. The molecule has 1 aromatic rings. The molecule has 134 valence electrons. The first-order valence-electron chi connectivity index (χ1n) is 7.75. The first kappa shape index (κ1) is 19.3. The lowest BCUT2D eigenvalue weighted by Crippen LogP contribution is -2.29. The maximum Gasteiger partial charge on any atom is 0.266 e. The number of ether oxygens (including phenoxy) is 1. The second kappa shape index (κ2) is 8.87. The molecule has 2 rings (SSSR count). The number of hydrogen-bond donors (Lipinski definition) is 1. The summed E-state index contributed by atoms with van der Waals surface area (Å²) in [6.07, 6.45) is 3.48. The van der Waals surface area contributed by atoms with Gasteiger partial charge in [0.05, 0.1) is 12.0 Å². The summed E-state index contributed by atoms with van der Waals surface area (Å²) >= 11 is 6.43. The summed E-state index contributed by atoms with van der Waals surface area (Å²) < 4.78 is 5.52. The van der Waals surface area contributed by atoms with Gasteiger partial charge >= 0.3 is 0 Å². The third-order valence-electron chi connectivity index (χ3n) is 3.67. The van der Waals surface area contributed by atoms with Crippen molar-refractivity contribution in [3.05, 3.63) is 28.7 Å². The van der Waals surface area contributed by atoms with Crippen LogP contribution in [-0.2, 0) is 9.59 Å². The van der Waals surface area contributed by atoms with E-state index in [2.05, 4.69) is 0 Å². The van der Waals surface area contributed by atoms with Crippen LogP contribution in [0.4, 0.5) is 0 Å². The van der Waals surface area contributed by atoms with E-state index < -0.39 is 5.97 Å². The highest BCUT2D eigenvalue weighted by Crippen LogP contribution is 2.36. The second-order valence-corrected chi connectivity index (χ2v) is 7.09. The zero-order valence-corrected chi connectivity index (χ0v) is 15.3. The molecule has 0 saturated carbocycles. The van der Waals surface area contributed by atoms with E-state index in [0.717, 1.165) is 0 Å². The number of carboxylic acid groups (broad SMARTS) is 1. The van der Waals surface area contributed by atoms with Crippen LogP contribution in [0.3, 0.4) is 0 Å². The number of phenolic OH excluding ortho intramolecular Hbond substituents is 1.